The molecule has 5 N–H and O–H groups in total. The third-order valence-corrected chi connectivity index (χ3v) is 10.6. The highest BCUT2D eigenvalue weighted by atomic mass is 16.7. The third kappa shape index (κ3) is 7.31. The smallest absolute Gasteiger partial charge is 0.252 e. The Morgan fingerprint density at radius 1 is 0.642 bits per heavy atom. The van der Waals surface area contributed by atoms with Crippen LogP contribution in [0.2, 0.25) is 0 Å². The summed E-state index contributed by atoms with van der Waals surface area (Å²) in [7, 11) is 0. The van der Waals surface area contributed by atoms with Crippen LogP contribution in [0, 0.1) is 5.92 Å². The van der Waals surface area contributed by atoms with Gasteiger partial charge in [0.15, 0.2) is 6.10 Å². The van der Waals surface area contributed by atoms with Crippen molar-refractivity contribution in [1.82, 2.24) is 31.3 Å². The van der Waals surface area contributed by atoms with Crippen LogP contribution in [0.4, 0.5) is 0 Å². The Hall–Kier alpha value is -5.78. The van der Waals surface area contributed by atoms with Crippen LogP contribution < -0.4 is 21.3 Å². The number of amides is 4. The second-order valence-corrected chi connectivity index (χ2v) is 14.1. The molecule has 2 fully saturated rings. The molecule has 6 atom stereocenters. The number of rotatable bonds is 6. The van der Waals surface area contributed by atoms with Crippen molar-refractivity contribution in [2.75, 3.05) is 13.1 Å². The lowest BCUT2D eigenvalue weighted by atomic mass is 9.83. The summed E-state index contributed by atoms with van der Waals surface area (Å²) in [5.74, 6) is -2.79. The molecule has 11 heteroatoms. The summed E-state index contributed by atoms with van der Waals surface area (Å²) in [6, 6.07) is 31.8. The van der Waals surface area contributed by atoms with Crippen molar-refractivity contribution in [1.29, 1.82) is 0 Å². The predicted molar refractivity (Wildman–Crippen MR) is 199 cm³/mol. The number of aromatic amines is 1. The van der Waals surface area contributed by atoms with E-state index in [0.717, 1.165) is 38.7 Å². The first-order valence-electron chi connectivity index (χ1n) is 18.2. The number of carbonyl (C=O) groups excluding carboxylic acids is 4. The van der Waals surface area contributed by atoms with Crippen LogP contribution in [0.3, 0.4) is 0 Å². The lowest BCUT2D eigenvalue weighted by molar-refractivity contribution is -0.177. The highest BCUT2D eigenvalue weighted by molar-refractivity contribution is 5.96. The van der Waals surface area contributed by atoms with Crippen molar-refractivity contribution in [2.24, 2.45) is 5.92 Å². The molecule has 8 rings (SSSR count). The average molecular weight is 711 g/mol. The molecule has 2 saturated heterocycles. The van der Waals surface area contributed by atoms with E-state index in [2.05, 4.69) is 26.3 Å². The monoisotopic (exact) mass is 710 g/mol. The fraction of sp³-hybridized carbons (Fsp3) is 0.286. The van der Waals surface area contributed by atoms with E-state index in [-0.39, 0.29) is 19.4 Å². The molecule has 4 heterocycles. The van der Waals surface area contributed by atoms with Crippen molar-refractivity contribution in [3.63, 3.8) is 0 Å². The molecule has 0 saturated carbocycles. The second kappa shape index (κ2) is 15.1. The number of hydrogen-bond donors (Lipinski definition) is 5. The van der Waals surface area contributed by atoms with E-state index in [9.17, 15) is 19.2 Å². The van der Waals surface area contributed by atoms with Gasteiger partial charge in [-0.25, -0.2) is 0 Å². The topological polar surface area (TPSA) is 145 Å². The van der Waals surface area contributed by atoms with Gasteiger partial charge in [0.25, 0.3) is 5.91 Å². The standard InChI is InChI=1S/C42H42N6O5/c49-39-34(22-27-13-5-2-6-14-27)46-40(50)35(23-29-24-43-33-18-10-9-16-31(29)33)47-41(51)36-37-32-17-8-7-15-28(32)19-20-48(37)53-38(36)42(52)44-25-30(45-39)21-26-11-3-1-4-12-26/h1-18,24,30,34-38,43H,19-23,25H2,(H,44,52)(H,45,49)(H,46,50)(H,47,51)/t30-,34-,35-,36-,37-,38+/m0/s1. The molecule has 11 nitrogen and oxygen atoms in total. The van der Waals surface area contributed by atoms with Crippen molar-refractivity contribution >= 4 is 34.5 Å². The summed E-state index contributed by atoms with van der Waals surface area (Å²) in [5, 5.41) is 14.9. The first kappa shape index (κ1) is 34.3. The number of nitrogens with zero attached hydrogens (tertiary/aromatic N) is 1. The van der Waals surface area contributed by atoms with Crippen LogP contribution in [-0.4, -0.2) is 71.0 Å². The van der Waals surface area contributed by atoms with E-state index in [4.69, 9.17) is 4.84 Å². The lowest BCUT2D eigenvalue weighted by Crippen LogP contribution is -2.59. The SMILES string of the molecule is O=C1N[C@@H](Cc2c[nH]c3ccccc23)C(=O)N[C@@H](Cc2ccccc2)C(=O)N[C@@H](Cc2ccccc2)CNC(=O)[C@@H]2ON3CCc4ccccc4[C@H]3[C@H]12. The fourth-order valence-corrected chi connectivity index (χ4v) is 7.96. The summed E-state index contributed by atoms with van der Waals surface area (Å²) >= 11 is 0. The summed E-state index contributed by atoms with van der Waals surface area (Å²) in [6.45, 7) is 0.590. The fourth-order valence-electron chi connectivity index (χ4n) is 7.96. The number of H-pyrrole nitrogens is 1. The number of para-hydroxylation sites is 1. The Kier molecular flexibility index (Phi) is 9.75. The minimum atomic E-state index is -1.16. The highest BCUT2D eigenvalue weighted by Crippen LogP contribution is 2.43. The second-order valence-electron chi connectivity index (χ2n) is 14.1. The van der Waals surface area contributed by atoms with Gasteiger partial charge in [-0.2, -0.15) is 5.06 Å². The zero-order valence-electron chi connectivity index (χ0n) is 29.2. The van der Waals surface area contributed by atoms with Gasteiger partial charge in [0.05, 0.1) is 18.0 Å². The van der Waals surface area contributed by atoms with Crippen LogP contribution >= 0.6 is 0 Å². The molecule has 0 bridgehead atoms. The van der Waals surface area contributed by atoms with E-state index in [0.29, 0.717) is 19.4 Å². The minimum absolute atomic E-state index is 0.0874. The van der Waals surface area contributed by atoms with Crippen molar-refractivity contribution in [3.8, 4) is 0 Å². The number of fused-ring (bicyclic) bond motifs is 6. The van der Waals surface area contributed by atoms with Crippen molar-refractivity contribution in [3.05, 3.63) is 143 Å². The normalized spacial score (nSPS) is 25.2. The number of nitrogens with one attached hydrogen (secondary N) is 5. The molecule has 3 aliphatic heterocycles. The van der Waals surface area contributed by atoms with Gasteiger partial charge in [-0.15, -0.1) is 0 Å². The molecule has 0 radical (unpaired) electrons. The molecule has 5 aromatic rings. The Morgan fingerprint density at radius 3 is 2.08 bits per heavy atom. The summed E-state index contributed by atoms with van der Waals surface area (Å²) in [4.78, 5) is 67.1. The number of hydrogen-bond acceptors (Lipinski definition) is 6. The first-order valence-corrected chi connectivity index (χ1v) is 18.2. The van der Waals surface area contributed by atoms with E-state index < -0.39 is 59.8 Å². The average Bonchev–Trinajstić information content (AvgIpc) is 3.79. The third-order valence-electron chi connectivity index (χ3n) is 10.6. The van der Waals surface area contributed by atoms with Crippen molar-refractivity contribution in [2.45, 2.75) is 56.0 Å². The largest absolute Gasteiger partial charge is 0.361 e. The van der Waals surface area contributed by atoms with Crippen LogP contribution in [0.15, 0.2) is 115 Å². The molecular weight excluding hydrogens is 668 g/mol. The molecule has 4 amide bonds. The van der Waals surface area contributed by atoms with Crippen LogP contribution in [-0.2, 0) is 49.7 Å². The summed E-state index contributed by atoms with van der Waals surface area (Å²) in [5.41, 5.74) is 5.57. The Balaban J connectivity index is 1.18. The molecular formula is C42H42N6O5. The van der Waals surface area contributed by atoms with Crippen LogP contribution in [0.5, 0.6) is 0 Å². The van der Waals surface area contributed by atoms with E-state index in [1.54, 1.807) is 5.06 Å². The van der Waals surface area contributed by atoms with Gasteiger partial charge in [-0.1, -0.05) is 103 Å². The number of benzene rings is 4. The maximum absolute atomic E-state index is 14.7. The number of hydroxylamine groups is 2. The molecule has 270 valence electrons. The van der Waals surface area contributed by atoms with Crippen LogP contribution in [0.25, 0.3) is 10.9 Å². The maximum atomic E-state index is 14.7. The minimum Gasteiger partial charge on any atom is -0.361 e. The van der Waals surface area contributed by atoms with E-state index in [1.165, 1.54) is 0 Å². The van der Waals surface area contributed by atoms with Gasteiger partial charge in [0, 0.05) is 43.0 Å². The predicted octanol–water partition coefficient (Wildman–Crippen LogP) is 3.31. The van der Waals surface area contributed by atoms with Gasteiger partial charge < -0.3 is 26.3 Å². The Labute approximate surface area is 307 Å². The summed E-state index contributed by atoms with van der Waals surface area (Å²) in [6.07, 6.45) is 2.18. The van der Waals surface area contributed by atoms with Gasteiger partial charge in [0.2, 0.25) is 17.7 Å². The first-order chi connectivity index (χ1) is 25.9. The highest BCUT2D eigenvalue weighted by Gasteiger charge is 2.53. The Morgan fingerprint density at radius 2 is 1.28 bits per heavy atom. The maximum Gasteiger partial charge on any atom is 0.252 e. The van der Waals surface area contributed by atoms with Gasteiger partial charge >= 0.3 is 0 Å². The zero-order chi connectivity index (χ0) is 36.3. The van der Waals surface area contributed by atoms with Gasteiger partial charge in [0.1, 0.15) is 12.1 Å². The zero-order valence-corrected chi connectivity index (χ0v) is 29.2. The van der Waals surface area contributed by atoms with Gasteiger partial charge in [-0.3, -0.25) is 24.0 Å². The van der Waals surface area contributed by atoms with Gasteiger partial charge in [-0.05, 0) is 46.7 Å². The molecule has 0 spiro atoms. The van der Waals surface area contributed by atoms with E-state index in [1.807, 2.05) is 115 Å². The molecule has 3 aliphatic rings. The molecule has 53 heavy (non-hydrogen) atoms. The summed E-state index contributed by atoms with van der Waals surface area (Å²) < 4.78 is 0. The quantitative estimate of drug-likeness (QED) is 0.183. The number of carbonyl (C=O) groups is 4. The lowest BCUT2D eigenvalue weighted by Gasteiger charge is -2.32. The molecule has 0 unspecified atom stereocenters. The van der Waals surface area contributed by atoms with Crippen molar-refractivity contribution < 1.29 is 24.0 Å². The molecule has 0 aliphatic carbocycles. The molecule has 1 aromatic heterocycles. The van der Waals surface area contributed by atoms with Crippen LogP contribution in [0.1, 0.15) is 33.9 Å². The Bertz CT molecular complexity index is 2120. The number of aromatic nitrogens is 1. The van der Waals surface area contributed by atoms with E-state index >= 15 is 0 Å². The molecule has 4 aromatic carbocycles.